The lowest BCUT2D eigenvalue weighted by Gasteiger charge is -2.11. The molecular formula is C27H21Cl2N3O3. The maximum Gasteiger partial charge on any atom is 0.268 e. The Bertz CT molecular complexity index is 1380. The largest absolute Gasteiger partial charge is 0.457 e. The first-order valence-corrected chi connectivity index (χ1v) is 11.5. The molecule has 0 atom stereocenters. The number of halogens is 2. The van der Waals surface area contributed by atoms with Crippen LogP contribution in [0.4, 0.5) is 0 Å². The van der Waals surface area contributed by atoms with Crippen molar-refractivity contribution in [2.75, 3.05) is 0 Å². The van der Waals surface area contributed by atoms with E-state index in [4.69, 9.17) is 27.6 Å². The molecule has 8 heteroatoms. The number of furan rings is 1. The summed E-state index contributed by atoms with van der Waals surface area (Å²) < 4.78 is 5.89. The van der Waals surface area contributed by atoms with Crippen LogP contribution >= 0.6 is 23.2 Å². The number of benzene rings is 2. The van der Waals surface area contributed by atoms with E-state index >= 15 is 0 Å². The first-order chi connectivity index (χ1) is 16.9. The highest BCUT2D eigenvalue weighted by atomic mass is 35.5. The molecule has 0 bridgehead atoms. The molecule has 35 heavy (non-hydrogen) atoms. The second-order valence-electron chi connectivity index (χ2n) is 7.74. The molecule has 0 spiro atoms. The lowest BCUT2D eigenvalue weighted by molar-refractivity contribution is -0.117. The molecule has 0 aliphatic carbocycles. The van der Waals surface area contributed by atoms with Crippen LogP contribution in [-0.4, -0.2) is 16.8 Å². The van der Waals surface area contributed by atoms with Crippen LogP contribution in [0.25, 0.3) is 17.4 Å². The van der Waals surface area contributed by atoms with Gasteiger partial charge in [-0.25, -0.2) is 0 Å². The van der Waals surface area contributed by atoms with Crippen molar-refractivity contribution in [3.05, 3.63) is 117 Å². The van der Waals surface area contributed by atoms with Crippen LogP contribution < -0.4 is 10.6 Å². The second-order valence-corrected chi connectivity index (χ2v) is 8.59. The SMILES string of the molecule is Cc1ccc(C(=O)NC(=Cc2ccc(-c3cc(Cl)ccc3Cl)o2)C(=O)NCc2ccncc2)cc1. The van der Waals surface area contributed by atoms with Crippen molar-refractivity contribution in [2.45, 2.75) is 13.5 Å². The smallest absolute Gasteiger partial charge is 0.268 e. The van der Waals surface area contributed by atoms with Crippen LogP contribution in [0.3, 0.4) is 0 Å². The summed E-state index contributed by atoms with van der Waals surface area (Å²) in [4.78, 5) is 29.8. The van der Waals surface area contributed by atoms with Crippen LogP contribution in [0, 0.1) is 6.92 Å². The van der Waals surface area contributed by atoms with Crippen LogP contribution in [-0.2, 0) is 11.3 Å². The van der Waals surface area contributed by atoms with Gasteiger partial charge in [-0.3, -0.25) is 14.6 Å². The van der Waals surface area contributed by atoms with E-state index in [0.717, 1.165) is 11.1 Å². The molecule has 176 valence electrons. The first-order valence-electron chi connectivity index (χ1n) is 10.7. The standard InChI is InChI=1S/C27H21Cl2N3O3/c1-17-2-4-19(5-3-17)26(33)32-24(27(34)31-16-18-10-12-30-13-11-18)15-21-7-9-25(35-21)22-14-20(28)6-8-23(22)29/h2-15H,16H2,1H3,(H,31,34)(H,32,33). The zero-order chi connectivity index (χ0) is 24.8. The van der Waals surface area contributed by atoms with Gasteiger partial charge in [-0.15, -0.1) is 0 Å². The number of amides is 2. The predicted octanol–water partition coefficient (Wildman–Crippen LogP) is 6.04. The van der Waals surface area contributed by atoms with Gasteiger partial charge in [0, 0.05) is 41.2 Å². The molecular weight excluding hydrogens is 485 g/mol. The van der Waals surface area contributed by atoms with Crippen molar-refractivity contribution in [2.24, 2.45) is 0 Å². The second kappa shape index (κ2) is 11.0. The number of rotatable bonds is 7. The molecule has 0 saturated carbocycles. The summed E-state index contributed by atoms with van der Waals surface area (Å²) in [5, 5.41) is 6.50. The molecule has 4 rings (SSSR count). The fourth-order valence-electron chi connectivity index (χ4n) is 3.24. The highest BCUT2D eigenvalue weighted by Gasteiger charge is 2.16. The maximum absolute atomic E-state index is 13.0. The van der Waals surface area contributed by atoms with Crippen molar-refractivity contribution in [1.82, 2.24) is 15.6 Å². The number of nitrogens with zero attached hydrogens (tertiary/aromatic N) is 1. The average Bonchev–Trinajstić information content (AvgIpc) is 3.33. The van der Waals surface area contributed by atoms with Gasteiger partial charge >= 0.3 is 0 Å². The van der Waals surface area contributed by atoms with Gasteiger partial charge in [-0.1, -0.05) is 40.9 Å². The van der Waals surface area contributed by atoms with E-state index in [1.807, 2.05) is 19.1 Å². The molecule has 0 fully saturated rings. The third-order valence-electron chi connectivity index (χ3n) is 5.12. The number of hydrogen-bond acceptors (Lipinski definition) is 4. The number of hydrogen-bond donors (Lipinski definition) is 2. The zero-order valence-electron chi connectivity index (χ0n) is 18.7. The van der Waals surface area contributed by atoms with Crippen molar-refractivity contribution in [3.8, 4) is 11.3 Å². The van der Waals surface area contributed by atoms with Gasteiger partial charge in [-0.2, -0.15) is 0 Å². The van der Waals surface area contributed by atoms with E-state index in [1.54, 1.807) is 67.0 Å². The van der Waals surface area contributed by atoms with Gasteiger partial charge in [0.2, 0.25) is 0 Å². The molecule has 0 aliphatic heterocycles. The van der Waals surface area contributed by atoms with Gasteiger partial charge < -0.3 is 15.1 Å². The summed E-state index contributed by atoms with van der Waals surface area (Å²) in [6, 6.07) is 19.1. The van der Waals surface area contributed by atoms with Gasteiger partial charge in [0.1, 0.15) is 17.2 Å². The van der Waals surface area contributed by atoms with E-state index in [9.17, 15) is 9.59 Å². The fourth-order valence-corrected chi connectivity index (χ4v) is 3.62. The lowest BCUT2D eigenvalue weighted by Crippen LogP contribution is -2.34. The topological polar surface area (TPSA) is 84.2 Å². The van der Waals surface area contributed by atoms with Crippen LogP contribution in [0.2, 0.25) is 10.0 Å². The van der Waals surface area contributed by atoms with Gasteiger partial charge in [0.15, 0.2) is 0 Å². The monoisotopic (exact) mass is 505 g/mol. The predicted molar refractivity (Wildman–Crippen MR) is 137 cm³/mol. The minimum absolute atomic E-state index is 0.0303. The molecule has 0 radical (unpaired) electrons. The van der Waals surface area contributed by atoms with Crippen molar-refractivity contribution in [3.63, 3.8) is 0 Å². The summed E-state index contributed by atoms with van der Waals surface area (Å²) in [5.74, 6) is -0.0551. The summed E-state index contributed by atoms with van der Waals surface area (Å²) in [6.45, 7) is 2.20. The number of carbonyl (C=O) groups excluding carboxylic acids is 2. The fraction of sp³-hybridized carbons (Fsp3) is 0.0741. The van der Waals surface area contributed by atoms with Crippen LogP contribution in [0.15, 0.2) is 89.2 Å². The van der Waals surface area contributed by atoms with Crippen LogP contribution in [0.1, 0.15) is 27.2 Å². The highest BCUT2D eigenvalue weighted by molar-refractivity contribution is 6.35. The van der Waals surface area contributed by atoms with E-state index in [0.29, 0.717) is 32.7 Å². The van der Waals surface area contributed by atoms with E-state index in [-0.39, 0.29) is 12.2 Å². The van der Waals surface area contributed by atoms with Crippen molar-refractivity contribution in [1.29, 1.82) is 0 Å². The molecule has 2 amide bonds. The zero-order valence-corrected chi connectivity index (χ0v) is 20.2. The molecule has 4 aromatic rings. The lowest BCUT2D eigenvalue weighted by atomic mass is 10.1. The van der Waals surface area contributed by atoms with E-state index in [2.05, 4.69) is 15.6 Å². The number of pyridine rings is 1. The molecule has 0 unspecified atom stereocenters. The third-order valence-corrected chi connectivity index (χ3v) is 5.68. The van der Waals surface area contributed by atoms with Crippen LogP contribution in [0.5, 0.6) is 0 Å². The number of carbonyl (C=O) groups is 2. The Morgan fingerprint density at radius 2 is 1.71 bits per heavy atom. The third kappa shape index (κ3) is 6.38. The van der Waals surface area contributed by atoms with E-state index < -0.39 is 11.8 Å². The minimum atomic E-state index is -0.471. The molecule has 6 nitrogen and oxygen atoms in total. The molecule has 0 saturated heterocycles. The Morgan fingerprint density at radius 3 is 2.46 bits per heavy atom. The molecule has 0 aliphatic rings. The Labute approximate surface area is 212 Å². The van der Waals surface area contributed by atoms with Gasteiger partial charge in [0.25, 0.3) is 11.8 Å². The summed E-state index contributed by atoms with van der Waals surface area (Å²) in [7, 11) is 0. The number of aromatic nitrogens is 1. The maximum atomic E-state index is 13.0. The summed E-state index contributed by atoms with van der Waals surface area (Å²) >= 11 is 12.4. The molecule has 2 heterocycles. The Morgan fingerprint density at radius 1 is 0.971 bits per heavy atom. The Hall–Kier alpha value is -3.87. The van der Waals surface area contributed by atoms with Gasteiger partial charge in [0.05, 0.1) is 5.02 Å². The molecule has 2 aromatic carbocycles. The normalized spacial score (nSPS) is 11.2. The highest BCUT2D eigenvalue weighted by Crippen LogP contribution is 2.32. The van der Waals surface area contributed by atoms with Crippen molar-refractivity contribution < 1.29 is 14.0 Å². The summed E-state index contributed by atoms with van der Waals surface area (Å²) in [6.07, 6.45) is 4.75. The number of aryl methyl sites for hydroxylation is 1. The minimum Gasteiger partial charge on any atom is -0.457 e. The average molecular weight is 506 g/mol. The van der Waals surface area contributed by atoms with Crippen molar-refractivity contribution >= 4 is 41.1 Å². The quantitative estimate of drug-likeness (QED) is 0.299. The number of nitrogens with one attached hydrogen (secondary N) is 2. The Balaban J connectivity index is 1.60. The summed E-state index contributed by atoms with van der Waals surface area (Å²) in [5.41, 5.74) is 2.96. The molecule has 2 aromatic heterocycles. The first kappa shape index (κ1) is 24.3. The Kier molecular flexibility index (Phi) is 7.65. The molecule has 2 N–H and O–H groups in total. The van der Waals surface area contributed by atoms with E-state index in [1.165, 1.54) is 6.08 Å². The van der Waals surface area contributed by atoms with Gasteiger partial charge in [-0.05, 0) is 67.1 Å².